The molecule has 0 saturated carbocycles. The van der Waals surface area contributed by atoms with Gasteiger partial charge in [0.1, 0.15) is 16.3 Å². The first-order valence-electron chi connectivity index (χ1n) is 3.82. The van der Waals surface area contributed by atoms with Crippen molar-refractivity contribution in [3.63, 3.8) is 0 Å². The van der Waals surface area contributed by atoms with E-state index in [1.165, 1.54) is 0 Å². The summed E-state index contributed by atoms with van der Waals surface area (Å²) in [5.41, 5.74) is 0. The Morgan fingerprint density at radius 2 is 2.38 bits per heavy atom. The number of rotatable bonds is 0. The average Bonchev–Trinajstić information content (AvgIpc) is 1.85. The Kier molecular flexibility index (Phi) is 0.747. The highest BCUT2D eigenvalue weighted by atomic mass is 16.4. The number of carbonyl (C=O) groups excluding carboxylic acids is 1. The van der Waals surface area contributed by atoms with Gasteiger partial charge in [0, 0.05) is 6.42 Å². The van der Waals surface area contributed by atoms with E-state index < -0.39 is 7.04 Å². The highest BCUT2D eigenvalue weighted by Crippen LogP contribution is 1.93. The van der Waals surface area contributed by atoms with Crippen LogP contribution in [0.25, 0.3) is 0 Å². The lowest BCUT2D eigenvalue weighted by Crippen LogP contribution is -1.93. The van der Waals surface area contributed by atoms with Crippen LogP contribution >= 0.6 is 0 Å². The lowest BCUT2D eigenvalue weighted by molar-refractivity contribution is -0.417. The first kappa shape index (κ1) is 2.53. The molecule has 0 saturated heterocycles. The molecule has 40 valence electrons. The molecule has 0 aromatic carbocycles. The Hall–Kier alpha value is -0.980. The summed E-state index contributed by atoms with van der Waals surface area (Å²) in [5.74, 6) is 0.368. The summed E-state index contributed by atoms with van der Waals surface area (Å²) in [6.45, 7) is 0. The SMILES string of the molecule is [2H]C([2H])([2H])[O+]=C1C=C[CH+]C=C1. The maximum Gasteiger partial charge on any atom is 0.448 e. The van der Waals surface area contributed by atoms with Gasteiger partial charge in [0.15, 0.2) is 0 Å². The molecule has 0 aromatic rings. The van der Waals surface area contributed by atoms with Gasteiger partial charge in [0.25, 0.3) is 7.04 Å². The highest BCUT2D eigenvalue weighted by Gasteiger charge is 2.09. The molecule has 1 nitrogen and oxygen atoms in total. The fourth-order valence-electron chi connectivity index (χ4n) is 0.489. The Bertz CT molecular complexity index is 208. The van der Waals surface area contributed by atoms with Crippen molar-refractivity contribution in [2.75, 3.05) is 7.04 Å². The standard InChI is InChI=1S/C7H8O/c1-8-7-5-3-2-4-6-7/h2-6H,1H3/q+2/i1D3. The fourth-order valence-corrected chi connectivity index (χ4v) is 0.489. The molecule has 0 unspecified atom stereocenters. The Balaban J connectivity index is 2.73. The van der Waals surface area contributed by atoms with Crippen molar-refractivity contribution in [3.05, 3.63) is 30.7 Å². The van der Waals surface area contributed by atoms with Crippen LogP contribution in [0.15, 0.2) is 24.3 Å². The van der Waals surface area contributed by atoms with Crippen LogP contribution in [0.3, 0.4) is 0 Å². The van der Waals surface area contributed by atoms with Crippen molar-refractivity contribution in [2.24, 2.45) is 0 Å². The molecule has 8 heavy (non-hydrogen) atoms. The molecule has 0 heterocycles. The molecule has 0 atom stereocenters. The first-order chi connectivity index (χ1) is 5.08. The van der Waals surface area contributed by atoms with Crippen molar-refractivity contribution < 1.29 is 8.54 Å². The normalized spacial score (nSPS) is 23.0. The van der Waals surface area contributed by atoms with E-state index in [1.54, 1.807) is 30.7 Å². The number of ketones is 1. The Labute approximate surface area is 53.2 Å². The smallest absolute Gasteiger partial charge is 0.233 e. The number of hydrogen-bond acceptors (Lipinski definition) is 0. The summed E-state index contributed by atoms with van der Waals surface area (Å²) in [6.07, 6.45) is 8.45. The molecule has 1 aliphatic carbocycles. The van der Waals surface area contributed by atoms with E-state index in [-0.39, 0.29) is 0 Å². The molecule has 1 heteroatoms. The summed E-state index contributed by atoms with van der Waals surface area (Å²) in [7, 11) is -2.35. The zero-order valence-corrected chi connectivity index (χ0v) is 4.29. The zero-order chi connectivity index (χ0) is 8.32. The molecule has 1 aliphatic rings. The molecule has 0 aliphatic heterocycles. The van der Waals surface area contributed by atoms with Gasteiger partial charge in [-0.25, -0.2) is 4.42 Å². The molecule has 0 aromatic heterocycles. The van der Waals surface area contributed by atoms with Crippen LogP contribution in [-0.2, 0) is 4.42 Å². The molecule has 0 fully saturated rings. The van der Waals surface area contributed by atoms with Gasteiger partial charge in [-0.05, 0) is 0 Å². The summed E-state index contributed by atoms with van der Waals surface area (Å²) >= 11 is 0. The molecule has 0 bridgehead atoms. The van der Waals surface area contributed by atoms with E-state index in [0.29, 0.717) is 5.78 Å². The van der Waals surface area contributed by atoms with E-state index in [9.17, 15) is 0 Å². The van der Waals surface area contributed by atoms with E-state index in [4.69, 9.17) is 4.11 Å². The van der Waals surface area contributed by atoms with E-state index in [1.807, 2.05) is 0 Å². The van der Waals surface area contributed by atoms with E-state index in [2.05, 4.69) is 4.42 Å². The van der Waals surface area contributed by atoms with Gasteiger partial charge in [-0.3, -0.25) is 0 Å². The van der Waals surface area contributed by atoms with E-state index >= 15 is 0 Å². The third-order valence-electron chi connectivity index (χ3n) is 0.861. The lowest BCUT2D eigenvalue weighted by atomic mass is 10.2. The molecule has 0 N–H and O–H groups in total. The fraction of sp³-hybridized carbons (Fsp3) is 0.143. The van der Waals surface area contributed by atoms with Gasteiger partial charge in [-0.2, -0.15) is 0 Å². The summed E-state index contributed by atoms with van der Waals surface area (Å²) in [4.78, 5) is 0. The molecular weight excluding hydrogens is 100 g/mol. The van der Waals surface area contributed by atoms with Crippen molar-refractivity contribution in [2.45, 2.75) is 0 Å². The summed E-state index contributed by atoms with van der Waals surface area (Å²) in [5, 5.41) is 0. The van der Waals surface area contributed by atoms with Crippen molar-refractivity contribution >= 4 is 5.78 Å². The van der Waals surface area contributed by atoms with Gasteiger partial charge in [-0.15, -0.1) is 0 Å². The Morgan fingerprint density at radius 3 is 3.00 bits per heavy atom. The van der Waals surface area contributed by atoms with Gasteiger partial charge in [0.05, 0.1) is 12.2 Å². The second kappa shape index (κ2) is 2.36. The van der Waals surface area contributed by atoms with Gasteiger partial charge in [-0.1, -0.05) is 0 Å². The van der Waals surface area contributed by atoms with Crippen LogP contribution in [-0.4, -0.2) is 12.8 Å². The minimum Gasteiger partial charge on any atom is -0.233 e. The summed E-state index contributed by atoms with van der Waals surface area (Å²) in [6, 6.07) is 0. The predicted octanol–water partition coefficient (Wildman–Crippen LogP) is 1.05. The van der Waals surface area contributed by atoms with Crippen LogP contribution in [0.4, 0.5) is 0 Å². The number of hydrogen-bond donors (Lipinski definition) is 0. The van der Waals surface area contributed by atoms with Gasteiger partial charge < -0.3 is 0 Å². The van der Waals surface area contributed by atoms with Crippen molar-refractivity contribution in [1.82, 2.24) is 0 Å². The second-order valence-corrected chi connectivity index (χ2v) is 1.42. The van der Waals surface area contributed by atoms with Crippen LogP contribution < -0.4 is 0 Å². The van der Waals surface area contributed by atoms with Gasteiger partial charge >= 0.3 is 5.78 Å². The monoisotopic (exact) mass is 111 g/mol. The summed E-state index contributed by atoms with van der Waals surface area (Å²) < 4.78 is 24.9. The van der Waals surface area contributed by atoms with E-state index in [0.717, 1.165) is 0 Å². The Morgan fingerprint density at radius 1 is 1.62 bits per heavy atom. The molecule has 0 spiro atoms. The molecular formula is C7H8O+2. The maximum atomic E-state index is 6.78. The van der Waals surface area contributed by atoms with Crippen molar-refractivity contribution in [1.29, 1.82) is 0 Å². The maximum absolute atomic E-state index is 6.78. The third-order valence-corrected chi connectivity index (χ3v) is 0.861. The average molecular weight is 111 g/mol. The highest BCUT2D eigenvalue weighted by molar-refractivity contribution is 6.00. The van der Waals surface area contributed by atoms with Crippen LogP contribution in [0.1, 0.15) is 4.11 Å². The largest absolute Gasteiger partial charge is 0.448 e. The third kappa shape index (κ3) is 0.997. The zero-order valence-electron chi connectivity index (χ0n) is 7.29. The second-order valence-electron chi connectivity index (χ2n) is 1.42. The van der Waals surface area contributed by atoms with Gasteiger partial charge in [0.2, 0.25) is 0 Å². The predicted molar refractivity (Wildman–Crippen MR) is 33.5 cm³/mol. The van der Waals surface area contributed by atoms with Crippen LogP contribution in [0, 0.1) is 6.42 Å². The minimum atomic E-state index is -2.35. The minimum absolute atomic E-state index is 0.368. The number of allylic oxidation sites excluding steroid dienone is 4. The molecule has 0 radical (unpaired) electrons. The topological polar surface area (TPSA) is 11.3 Å². The van der Waals surface area contributed by atoms with Crippen molar-refractivity contribution in [3.8, 4) is 0 Å². The molecule has 0 amide bonds. The first-order valence-corrected chi connectivity index (χ1v) is 2.32. The lowest BCUT2D eigenvalue weighted by Gasteiger charge is -1.75. The van der Waals surface area contributed by atoms with Crippen LogP contribution in [0.2, 0.25) is 0 Å². The molecule has 1 rings (SSSR count). The van der Waals surface area contributed by atoms with Crippen LogP contribution in [0.5, 0.6) is 0 Å². The quantitative estimate of drug-likeness (QED) is 0.327.